The minimum Gasteiger partial charge on any atom is -0.280 e. The first-order valence-corrected chi connectivity index (χ1v) is 4.97. The van der Waals surface area contributed by atoms with Crippen LogP contribution < -0.4 is 0 Å². The van der Waals surface area contributed by atoms with Gasteiger partial charge in [-0.15, -0.1) is 0 Å². The lowest BCUT2D eigenvalue weighted by molar-refractivity contribution is -0.156. The summed E-state index contributed by atoms with van der Waals surface area (Å²) in [5.41, 5.74) is 0.0972. The molecule has 1 fully saturated rings. The molecule has 1 aliphatic rings. The summed E-state index contributed by atoms with van der Waals surface area (Å²) in [4.78, 5) is 0. The van der Waals surface area contributed by atoms with Crippen LogP contribution in [-0.2, 0) is 0 Å². The monoisotopic (exact) mass is 267 g/mol. The lowest BCUT2D eigenvalue weighted by Gasteiger charge is -2.18. The number of aromatic amines is 1. The van der Waals surface area contributed by atoms with Crippen molar-refractivity contribution in [3.8, 4) is 0 Å². The molecule has 1 saturated carbocycles. The molecule has 1 unspecified atom stereocenters. The Bertz CT molecular complexity index is 330. The van der Waals surface area contributed by atoms with Gasteiger partial charge in [0.2, 0.25) is 0 Å². The highest BCUT2D eigenvalue weighted by Crippen LogP contribution is 2.51. The molecule has 1 atom stereocenters. The highest BCUT2D eigenvalue weighted by molar-refractivity contribution is 9.10. The molecule has 1 aromatic heterocycles. The molecule has 2 rings (SSSR count). The number of H-pyrrole nitrogens is 1. The molecule has 1 N–H and O–H groups in total. The molecule has 1 radical (unpaired) electrons. The van der Waals surface area contributed by atoms with Gasteiger partial charge in [-0.1, -0.05) is 0 Å². The third-order valence-electron chi connectivity index (χ3n) is 2.32. The van der Waals surface area contributed by atoms with Crippen LogP contribution in [0.4, 0.5) is 13.2 Å². The van der Waals surface area contributed by atoms with E-state index in [1.165, 1.54) is 0 Å². The minimum absolute atomic E-state index is 0.0972. The van der Waals surface area contributed by atoms with Crippen molar-refractivity contribution in [3.63, 3.8) is 0 Å². The van der Waals surface area contributed by atoms with Gasteiger partial charge < -0.3 is 0 Å². The number of hydrogen-bond acceptors (Lipinski definition) is 1. The maximum Gasteiger partial charge on any atom is 0.397 e. The summed E-state index contributed by atoms with van der Waals surface area (Å²) in [6.45, 7) is 0. The summed E-state index contributed by atoms with van der Waals surface area (Å²) in [6, 6.07) is 0. The van der Waals surface area contributed by atoms with E-state index in [0.717, 1.165) is 0 Å². The van der Waals surface area contributed by atoms with Crippen LogP contribution in [-0.4, -0.2) is 16.4 Å². The second-order valence-corrected chi connectivity index (χ2v) is 4.21. The Morgan fingerprint density at radius 2 is 2.14 bits per heavy atom. The van der Waals surface area contributed by atoms with Crippen molar-refractivity contribution in [2.45, 2.75) is 24.9 Å². The Morgan fingerprint density at radius 1 is 1.50 bits per heavy atom. The third-order valence-corrected chi connectivity index (χ3v) is 2.93. The van der Waals surface area contributed by atoms with Crippen LogP contribution >= 0.6 is 15.9 Å². The number of halogens is 4. The van der Waals surface area contributed by atoms with Crippen LogP contribution in [0.15, 0.2) is 4.47 Å². The zero-order valence-electron chi connectivity index (χ0n) is 7.03. The van der Waals surface area contributed by atoms with Gasteiger partial charge in [0.1, 0.15) is 12.1 Å². The fourth-order valence-electron chi connectivity index (χ4n) is 1.55. The molecule has 0 bridgehead atoms. The van der Waals surface area contributed by atoms with Gasteiger partial charge >= 0.3 is 6.18 Å². The number of nitrogens with zero attached hydrogens (tertiary/aromatic N) is 1. The van der Waals surface area contributed by atoms with Crippen molar-refractivity contribution in [3.05, 3.63) is 16.4 Å². The van der Waals surface area contributed by atoms with Crippen LogP contribution in [0, 0.1) is 12.1 Å². The maximum atomic E-state index is 12.7. The van der Waals surface area contributed by atoms with Crippen molar-refractivity contribution in [1.82, 2.24) is 10.2 Å². The second kappa shape index (κ2) is 3.25. The molecule has 0 saturated heterocycles. The highest BCUT2D eigenvalue weighted by atomic mass is 79.9. The predicted molar refractivity (Wildman–Crippen MR) is 46.6 cm³/mol. The number of alkyl halides is 3. The molecule has 1 aliphatic carbocycles. The van der Waals surface area contributed by atoms with Gasteiger partial charge in [-0.3, -0.25) is 5.10 Å². The SMILES string of the molecule is FC(F)(F)C(c1[nH]n[c]c1Br)C1CC1. The Labute approximate surface area is 87.0 Å². The Morgan fingerprint density at radius 3 is 2.50 bits per heavy atom. The molecule has 0 aromatic carbocycles. The molecule has 1 heterocycles. The van der Waals surface area contributed by atoms with E-state index in [2.05, 4.69) is 32.3 Å². The van der Waals surface area contributed by atoms with Gasteiger partial charge in [0, 0.05) is 0 Å². The number of nitrogens with one attached hydrogen (secondary N) is 1. The van der Waals surface area contributed by atoms with Crippen LogP contribution in [0.3, 0.4) is 0 Å². The Hall–Kier alpha value is -0.520. The summed E-state index contributed by atoms with van der Waals surface area (Å²) in [7, 11) is 0. The molecule has 0 spiro atoms. The molecule has 6 heteroatoms. The molecule has 14 heavy (non-hydrogen) atoms. The summed E-state index contributed by atoms with van der Waals surface area (Å²) in [5.74, 6) is -1.71. The van der Waals surface area contributed by atoms with E-state index in [1.54, 1.807) is 0 Å². The van der Waals surface area contributed by atoms with Crippen LogP contribution in [0.25, 0.3) is 0 Å². The average Bonchev–Trinajstić information content (AvgIpc) is 2.76. The molecular formula is C8H7BrF3N2. The summed E-state index contributed by atoms with van der Waals surface area (Å²) < 4.78 is 38.3. The first-order chi connectivity index (χ1) is 6.50. The van der Waals surface area contributed by atoms with Gasteiger partial charge in [0.15, 0.2) is 0 Å². The lowest BCUT2D eigenvalue weighted by atomic mass is 9.99. The van der Waals surface area contributed by atoms with Crippen LogP contribution in [0.5, 0.6) is 0 Å². The molecule has 77 valence electrons. The van der Waals surface area contributed by atoms with Gasteiger partial charge in [0.05, 0.1) is 10.2 Å². The first-order valence-electron chi connectivity index (χ1n) is 4.18. The fourth-order valence-corrected chi connectivity index (χ4v) is 1.97. The summed E-state index contributed by atoms with van der Waals surface area (Å²) in [5, 5.41) is 5.83. The van der Waals surface area contributed by atoms with E-state index in [1.807, 2.05) is 0 Å². The van der Waals surface area contributed by atoms with E-state index >= 15 is 0 Å². The standard InChI is InChI=1S/C8H7BrF3N2/c9-5-3-13-14-7(5)6(4-1-2-4)8(10,11)12/h4,6H,1-2H2,(H,13,14). The van der Waals surface area contributed by atoms with E-state index < -0.39 is 12.1 Å². The maximum absolute atomic E-state index is 12.7. The highest BCUT2D eigenvalue weighted by Gasteiger charge is 2.51. The van der Waals surface area contributed by atoms with Gasteiger partial charge in [-0.2, -0.15) is 18.3 Å². The van der Waals surface area contributed by atoms with Gasteiger partial charge in [-0.05, 0) is 34.7 Å². The smallest absolute Gasteiger partial charge is 0.280 e. The minimum atomic E-state index is -4.20. The second-order valence-electron chi connectivity index (χ2n) is 3.42. The summed E-state index contributed by atoms with van der Waals surface area (Å²) in [6.07, 6.45) is -0.520. The number of rotatable bonds is 2. The largest absolute Gasteiger partial charge is 0.397 e. The Kier molecular flexibility index (Phi) is 2.33. The first kappa shape index (κ1) is 10.0. The van der Waals surface area contributed by atoms with Crippen LogP contribution in [0.1, 0.15) is 24.5 Å². The zero-order chi connectivity index (χ0) is 10.3. The van der Waals surface area contributed by atoms with Gasteiger partial charge in [-0.25, -0.2) is 0 Å². The molecule has 0 amide bonds. The van der Waals surface area contributed by atoms with E-state index in [-0.39, 0.29) is 16.1 Å². The molecule has 2 nitrogen and oxygen atoms in total. The fraction of sp³-hybridized carbons (Fsp3) is 0.625. The van der Waals surface area contributed by atoms with Crippen molar-refractivity contribution in [1.29, 1.82) is 0 Å². The quantitative estimate of drug-likeness (QED) is 0.877. The van der Waals surface area contributed by atoms with Gasteiger partial charge in [0.25, 0.3) is 0 Å². The lowest BCUT2D eigenvalue weighted by Crippen LogP contribution is -2.23. The topological polar surface area (TPSA) is 28.7 Å². The Balaban J connectivity index is 2.32. The van der Waals surface area contributed by atoms with Crippen molar-refractivity contribution >= 4 is 15.9 Å². The van der Waals surface area contributed by atoms with Crippen molar-refractivity contribution in [2.24, 2.45) is 5.92 Å². The third kappa shape index (κ3) is 1.80. The van der Waals surface area contributed by atoms with E-state index in [0.29, 0.717) is 12.8 Å². The van der Waals surface area contributed by atoms with E-state index in [4.69, 9.17) is 0 Å². The zero-order valence-corrected chi connectivity index (χ0v) is 8.61. The molecule has 1 aromatic rings. The normalized spacial score (nSPS) is 19.7. The molecule has 0 aliphatic heterocycles. The summed E-state index contributed by atoms with van der Waals surface area (Å²) >= 11 is 3.01. The number of hydrogen-bond donors (Lipinski definition) is 1. The molecular weight excluding hydrogens is 261 g/mol. The van der Waals surface area contributed by atoms with Crippen LogP contribution in [0.2, 0.25) is 0 Å². The van der Waals surface area contributed by atoms with Crippen molar-refractivity contribution in [2.75, 3.05) is 0 Å². The van der Waals surface area contributed by atoms with Crippen molar-refractivity contribution < 1.29 is 13.2 Å². The average molecular weight is 268 g/mol. The predicted octanol–water partition coefficient (Wildman–Crippen LogP) is 3.03. The van der Waals surface area contributed by atoms with E-state index in [9.17, 15) is 13.2 Å². The number of aromatic nitrogens is 2.